The normalized spacial score (nSPS) is 11.2. The van der Waals surface area contributed by atoms with E-state index in [1.165, 1.54) is 6.92 Å². The molecule has 1 atom stereocenters. The van der Waals surface area contributed by atoms with Crippen molar-refractivity contribution in [2.75, 3.05) is 11.9 Å². The van der Waals surface area contributed by atoms with Crippen molar-refractivity contribution in [2.45, 2.75) is 13.0 Å². The maximum Gasteiger partial charge on any atom is 0.347 e. The van der Waals surface area contributed by atoms with Gasteiger partial charge in [-0.3, -0.25) is 4.79 Å². The zero-order chi connectivity index (χ0) is 19.1. The Labute approximate surface area is 160 Å². The SMILES string of the molecule is C[C@@H](Oc1ccc(C#N)cc1)C(=O)OCC(=O)Nc1cccc(Cl)c1Cl. The van der Waals surface area contributed by atoms with E-state index in [0.29, 0.717) is 22.0 Å². The topological polar surface area (TPSA) is 88.4 Å². The molecule has 26 heavy (non-hydrogen) atoms. The van der Waals surface area contributed by atoms with E-state index in [-0.39, 0.29) is 5.02 Å². The van der Waals surface area contributed by atoms with Crippen LogP contribution in [0.5, 0.6) is 5.75 Å². The number of esters is 1. The predicted octanol–water partition coefficient (Wildman–Crippen LogP) is 3.81. The summed E-state index contributed by atoms with van der Waals surface area (Å²) in [5.74, 6) is -0.863. The standard InChI is InChI=1S/C18H14Cl2N2O4/c1-11(26-13-7-5-12(9-21)6-8-13)18(24)25-10-16(23)22-15-4-2-3-14(19)17(15)20/h2-8,11H,10H2,1H3,(H,22,23)/t11-/m1/s1. The molecule has 0 heterocycles. The highest BCUT2D eigenvalue weighted by molar-refractivity contribution is 6.44. The van der Waals surface area contributed by atoms with Crippen LogP contribution in [-0.4, -0.2) is 24.6 Å². The van der Waals surface area contributed by atoms with Crippen LogP contribution in [0, 0.1) is 11.3 Å². The van der Waals surface area contributed by atoms with E-state index in [0.717, 1.165) is 0 Å². The molecule has 0 radical (unpaired) electrons. The van der Waals surface area contributed by atoms with Crippen LogP contribution in [0.15, 0.2) is 42.5 Å². The van der Waals surface area contributed by atoms with Crippen molar-refractivity contribution in [1.29, 1.82) is 5.26 Å². The number of nitrogens with zero attached hydrogens (tertiary/aromatic N) is 1. The third-order valence-corrected chi connectivity index (χ3v) is 4.02. The second-order valence-corrected chi connectivity index (χ2v) is 5.94. The van der Waals surface area contributed by atoms with Crippen LogP contribution >= 0.6 is 23.2 Å². The van der Waals surface area contributed by atoms with E-state index in [9.17, 15) is 9.59 Å². The zero-order valence-corrected chi connectivity index (χ0v) is 15.2. The summed E-state index contributed by atoms with van der Waals surface area (Å²) >= 11 is 11.8. The van der Waals surface area contributed by atoms with Gasteiger partial charge in [0.2, 0.25) is 0 Å². The molecule has 0 aliphatic carbocycles. The molecule has 2 aromatic carbocycles. The first-order valence-corrected chi connectivity index (χ1v) is 8.23. The molecule has 0 aliphatic rings. The van der Waals surface area contributed by atoms with Crippen LogP contribution in [0.3, 0.4) is 0 Å². The number of carbonyl (C=O) groups is 2. The molecule has 0 bridgehead atoms. The lowest BCUT2D eigenvalue weighted by molar-refractivity contribution is -0.153. The van der Waals surface area contributed by atoms with Crippen LogP contribution in [0.25, 0.3) is 0 Å². The van der Waals surface area contributed by atoms with Gasteiger partial charge >= 0.3 is 5.97 Å². The average molecular weight is 393 g/mol. The number of hydrogen-bond donors (Lipinski definition) is 1. The molecule has 0 spiro atoms. The molecule has 0 aromatic heterocycles. The molecule has 0 unspecified atom stereocenters. The third-order valence-electron chi connectivity index (χ3n) is 3.20. The first kappa shape index (κ1) is 19.6. The quantitative estimate of drug-likeness (QED) is 0.754. The molecule has 1 N–H and O–H groups in total. The summed E-state index contributed by atoms with van der Waals surface area (Å²) in [6.07, 6.45) is -0.925. The van der Waals surface area contributed by atoms with Gasteiger partial charge in [-0.1, -0.05) is 29.3 Å². The van der Waals surface area contributed by atoms with Gasteiger partial charge in [-0.25, -0.2) is 4.79 Å². The number of nitrogens with one attached hydrogen (secondary N) is 1. The molecule has 0 saturated carbocycles. The lowest BCUT2D eigenvalue weighted by Crippen LogP contribution is -2.29. The van der Waals surface area contributed by atoms with Gasteiger partial charge in [0.25, 0.3) is 5.91 Å². The lowest BCUT2D eigenvalue weighted by Gasteiger charge is -2.14. The molecule has 6 nitrogen and oxygen atoms in total. The van der Waals surface area contributed by atoms with E-state index in [1.807, 2.05) is 6.07 Å². The van der Waals surface area contributed by atoms with Crippen molar-refractivity contribution in [2.24, 2.45) is 0 Å². The highest BCUT2D eigenvalue weighted by Crippen LogP contribution is 2.29. The second-order valence-electron chi connectivity index (χ2n) is 5.15. The fourth-order valence-electron chi connectivity index (χ4n) is 1.90. The molecular formula is C18H14Cl2N2O4. The van der Waals surface area contributed by atoms with E-state index in [4.69, 9.17) is 37.9 Å². The van der Waals surface area contributed by atoms with Crippen molar-refractivity contribution in [3.63, 3.8) is 0 Å². The van der Waals surface area contributed by atoms with Crippen LogP contribution in [0.4, 0.5) is 5.69 Å². The van der Waals surface area contributed by atoms with Crippen molar-refractivity contribution in [3.8, 4) is 11.8 Å². The Kier molecular flexibility index (Phi) is 6.84. The minimum Gasteiger partial charge on any atom is -0.479 e. The monoisotopic (exact) mass is 392 g/mol. The molecule has 0 fully saturated rings. The Balaban J connectivity index is 1.84. The van der Waals surface area contributed by atoms with E-state index in [2.05, 4.69) is 5.32 Å². The number of anilines is 1. The van der Waals surface area contributed by atoms with Gasteiger partial charge in [0.15, 0.2) is 12.7 Å². The average Bonchev–Trinajstić information content (AvgIpc) is 2.64. The minimum atomic E-state index is -0.925. The summed E-state index contributed by atoms with van der Waals surface area (Å²) in [6.45, 7) is 0.995. The van der Waals surface area contributed by atoms with E-state index < -0.39 is 24.6 Å². The Morgan fingerprint density at radius 3 is 2.54 bits per heavy atom. The number of carbonyl (C=O) groups excluding carboxylic acids is 2. The second kappa shape index (κ2) is 9.09. The summed E-state index contributed by atoms with van der Waals surface area (Å²) in [5.41, 5.74) is 0.797. The summed E-state index contributed by atoms with van der Waals surface area (Å²) in [4.78, 5) is 23.8. The molecular weight excluding hydrogens is 379 g/mol. The fourth-order valence-corrected chi connectivity index (χ4v) is 2.25. The highest BCUT2D eigenvalue weighted by atomic mass is 35.5. The van der Waals surface area contributed by atoms with Gasteiger partial charge in [0.05, 0.1) is 27.4 Å². The van der Waals surface area contributed by atoms with Gasteiger partial charge in [0, 0.05) is 0 Å². The number of hydrogen-bond acceptors (Lipinski definition) is 5. The molecule has 0 aliphatic heterocycles. The van der Waals surface area contributed by atoms with Gasteiger partial charge in [-0.15, -0.1) is 0 Å². The smallest absolute Gasteiger partial charge is 0.347 e. The van der Waals surface area contributed by atoms with Crippen LogP contribution < -0.4 is 10.1 Å². The van der Waals surface area contributed by atoms with Gasteiger partial charge in [-0.05, 0) is 43.3 Å². The number of ether oxygens (including phenoxy) is 2. The minimum absolute atomic E-state index is 0.200. The van der Waals surface area contributed by atoms with Crippen LogP contribution in [-0.2, 0) is 14.3 Å². The van der Waals surface area contributed by atoms with Crippen LogP contribution in [0.1, 0.15) is 12.5 Å². The van der Waals surface area contributed by atoms with Gasteiger partial charge in [0.1, 0.15) is 5.75 Å². The highest BCUT2D eigenvalue weighted by Gasteiger charge is 2.18. The van der Waals surface area contributed by atoms with E-state index in [1.54, 1.807) is 42.5 Å². The Bertz CT molecular complexity index is 847. The first-order valence-electron chi connectivity index (χ1n) is 7.48. The summed E-state index contributed by atoms with van der Waals surface area (Å²) in [7, 11) is 0. The van der Waals surface area contributed by atoms with Crippen molar-refractivity contribution >= 4 is 40.8 Å². The number of rotatable bonds is 6. The maximum atomic E-state index is 11.9. The lowest BCUT2D eigenvalue weighted by atomic mass is 10.2. The Hall–Kier alpha value is -2.75. The molecule has 2 aromatic rings. The molecule has 0 saturated heterocycles. The third kappa shape index (κ3) is 5.38. The summed E-state index contributed by atoms with van der Waals surface area (Å²) < 4.78 is 10.3. The van der Waals surface area contributed by atoms with Gasteiger partial charge < -0.3 is 14.8 Å². The number of nitriles is 1. The first-order chi connectivity index (χ1) is 12.4. The largest absolute Gasteiger partial charge is 0.479 e. The number of amides is 1. The summed E-state index contributed by atoms with van der Waals surface area (Å²) in [5, 5.41) is 11.7. The van der Waals surface area contributed by atoms with Gasteiger partial charge in [-0.2, -0.15) is 5.26 Å². The number of halogens is 2. The molecule has 1 amide bonds. The zero-order valence-electron chi connectivity index (χ0n) is 13.7. The molecule has 8 heteroatoms. The molecule has 2 rings (SSSR count). The van der Waals surface area contributed by atoms with Crippen molar-refractivity contribution in [1.82, 2.24) is 0 Å². The molecule has 134 valence electrons. The van der Waals surface area contributed by atoms with Crippen molar-refractivity contribution < 1.29 is 19.1 Å². The fraction of sp³-hybridized carbons (Fsp3) is 0.167. The summed E-state index contributed by atoms with van der Waals surface area (Å²) in [6, 6.07) is 13.0. The maximum absolute atomic E-state index is 11.9. The van der Waals surface area contributed by atoms with Crippen LogP contribution in [0.2, 0.25) is 10.0 Å². The van der Waals surface area contributed by atoms with Crippen molar-refractivity contribution in [3.05, 3.63) is 58.1 Å². The number of benzene rings is 2. The Morgan fingerprint density at radius 1 is 1.19 bits per heavy atom. The Morgan fingerprint density at radius 2 is 1.88 bits per heavy atom. The predicted molar refractivity (Wildman–Crippen MR) is 97.3 cm³/mol. The van der Waals surface area contributed by atoms with E-state index >= 15 is 0 Å².